The summed E-state index contributed by atoms with van der Waals surface area (Å²) in [7, 11) is -2.50. The quantitative estimate of drug-likeness (QED) is 0.444. The van der Waals surface area contributed by atoms with Crippen LogP contribution in [-0.2, 0) is 24.3 Å². The number of ether oxygens (including phenoxy) is 2. The lowest BCUT2D eigenvalue weighted by atomic mass is 10.3. The predicted octanol–water partition coefficient (Wildman–Crippen LogP) is 2.35. The van der Waals surface area contributed by atoms with Gasteiger partial charge in [0.25, 0.3) is 5.91 Å². The molecule has 1 aromatic heterocycles. The van der Waals surface area contributed by atoms with E-state index < -0.39 is 34.5 Å². The summed E-state index contributed by atoms with van der Waals surface area (Å²) in [5.41, 5.74) is 2.66. The summed E-state index contributed by atoms with van der Waals surface area (Å²) in [5, 5.41) is 7.14. The minimum absolute atomic E-state index is 0.0351. The number of benzene rings is 2. The van der Waals surface area contributed by atoms with Gasteiger partial charge in [-0.15, -0.1) is 0 Å². The molecule has 0 saturated carbocycles. The van der Waals surface area contributed by atoms with Crippen molar-refractivity contribution < 1.29 is 27.5 Å². The molecule has 11 heteroatoms. The third-order valence-corrected chi connectivity index (χ3v) is 6.51. The normalized spacial score (nSPS) is 12.1. The van der Waals surface area contributed by atoms with Crippen molar-refractivity contribution in [3.63, 3.8) is 0 Å². The van der Waals surface area contributed by atoms with Gasteiger partial charge in [-0.3, -0.25) is 9.59 Å². The highest BCUT2D eigenvalue weighted by molar-refractivity contribution is 7.89. The van der Waals surface area contributed by atoms with Crippen LogP contribution in [0, 0.1) is 13.8 Å². The molecule has 0 bridgehead atoms. The molecule has 0 spiro atoms. The SMILES string of the molecule is COc1ccc(S(=O)(=O)N[C@@H](C)C(=O)OCC(=O)Nc2c(C)nn(-c3ccccc3)c2C)cc1. The summed E-state index contributed by atoms with van der Waals surface area (Å²) >= 11 is 0. The molecule has 1 amide bonds. The van der Waals surface area contributed by atoms with E-state index in [2.05, 4.69) is 15.1 Å². The average molecular weight is 487 g/mol. The van der Waals surface area contributed by atoms with Gasteiger partial charge in [-0.05, 0) is 57.2 Å². The number of nitrogens with zero attached hydrogens (tertiary/aromatic N) is 2. The van der Waals surface area contributed by atoms with Crippen LogP contribution in [0.4, 0.5) is 5.69 Å². The van der Waals surface area contributed by atoms with E-state index in [0.717, 1.165) is 5.69 Å². The zero-order valence-corrected chi connectivity index (χ0v) is 20.0. The minimum atomic E-state index is -3.97. The molecule has 0 aliphatic carbocycles. The number of hydrogen-bond donors (Lipinski definition) is 2. The van der Waals surface area contributed by atoms with Gasteiger partial charge in [-0.2, -0.15) is 9.82 Å². The number of esters is 1. The molecule has 0 radical (unpaired) electrons. The molecule has 0 aliphatic heterocycles. The van der Waals surface area contributed by atoms with Gasteiger partial charge in [0.05, 0.1) is 34.8 Å². The van der Waals surface area contributed by atoms with Gasteiger partial charge in [0.15, 0.2) is 6.61 Å². The molecule has 0 fully saturated rings. The van der Waals surface area contributed by atoms with Gasteiger partial charge in [-0.1, -0.05) is 18.2 Å². The topological polar surface area (TPSA) is 129 Å². The molecule has 180 valence electrons. The standard InChI is InChI=1S/C23H26N4O6S/c1-15-22(17(3)27(25-15)18-8-6-5-7-9-18)24-21(28)14-33-23(29)16(2)26-34(30,31)20-12-10-19(32-4)11-13-20/h5-13,16,26H,14H2,1-4H3,(H,24,28)/t16-/m0/s1. The Labute approximate surface area is 197 Å². The fourth-order valence-corrected chi connectivity index (χ4v) is 4.38. The Morgan fingerprint density at radius 1 is 1.06 bits per heavy atom. The monoisotopic (exact) mass is 486 g/mol. The summed E-state index contributed by atoms with van der Waals surface area (Å²) in [5.74, 6) is -0.963. The number of para-hydroxylation sites is 1. The van der Waals surface area contributed by atoms with Crippen LogP contribution in [0.15, 0.2) is 59.5 Å². The molecule has 34 heavy (non-hydrogen) atoms. The van der Waals surface area contributed by atoms with E-state index in [4.69, 9.17) is 9.47 Å². The zero-order chi connectivity index (χ0) is 24.9. The molecule has 1 heterocycles. The first kappa shape index (κ1) is 24.9. The molecule has 10 nitrogen and oxygen atoms in total. The maximum Gasteiger partial charge on any atom is 0.324 e. The largest absolute Gasteiger partial charge is 0.497 e. The second-order valence-electron chi connectivity index (χ2n) is 7.47. The van der Waals surface area contributed by atoms with Gasteiger partial charge < -0.3 is 14.8 Å². The number of carbonyl (C=O) groups is 2. The maximum atomic E-state index is 12.5. The first-order valence-electron chi connectivity index (χ1n) is 10.4. The van der Waals surface area contributed by atoms with E-state index in [1.165, 1.54) is 38.3 Å². The number of amides is 1. The average Bonchev–Trinajstić information content (AvgIpc) is 3.11. The van der Waals surface area contributed by atoms with E-state index in [1.54, 1.807) is 11.6 Å². The first-order valence-corrected chi connectivity index (χ1v) is 11.8. The van der Waals surface area contributed by atoms with E-state index in [1.807, 2.05) is 37.3 Å². The molecule has 0 aliphatic rings. The van der Waals surface area contributed by atoms with Crippen LogP contribution in [0.1, 0.15) is 18.3 Å². The number of aromatic nitrogens is 2. The van der Waals surface area contributed by atoms with Crippen LogP contribution < -0.4 is 14.8 Å². The number of methoxy groups -OCH3 is 1. The molecule has 2 N–H and O–H groups in total. The fourth-order valence-electron chi connectivity index (χ4n) is 3.19. The molecule has 3 aromatic rings. The highest BCUT2D eigenvalue weighted by Crippen LogP contribution is 2.22. The van der Waals surface area contributed by atoms with Crippen LogP contribution in [0.2, 0.25) is 0 Å². The number of anilines is 1. The smallest absolute Gasteiger partial charge is 0.324 e. The third kappa shape index (κ3) is 5.80. The highest BCUT2D eigenvalue weighted by atomic mass is 32.2. The molecule has 0 unspecified atom stereocenters. The summed E-state index contributed by atoms with van der Waals surface area (Å²) in [4.78, 5) is 24.6. The Hall–Kier alpha value is -3.70. The summed E-state index contributed by atoms with van der Waals surface area (Å²) in [6, 6.07) is 13.9. The Balaban J connectivity index is 1.57. The van der Waals surface area contributed by atoms with E-state index in [9.17, 15) is 18.0 Å². The van der Waals surface area contributed by atoms with Crippen molar-refractivity contribution in [2.24, 2.45) is 0 Å². The van der Waals surface area contributed by atoms with Crippen LogP contribution >= 0.6 is 0 Å². The fraction of sp³-hybridized carbons (Fsp3) is 0.261. The van der Waals surface area contributed by atoms with Crippen molar-refractivity contribution in [2.75, 3.05) is 19.0 Å². The van der Waals surface area contributed by atoms with Crippen LogP contribution in [0.3, 0.4) is 0 Å². The molecular weight excluding hydrogens is 460 g/mol. The van der Waals surface area contributed by atoms with Crippen molar-refractivity contribution in [1.29, 1.82) is 0 Å². The highest BCUT2D eigenvalue weighted by Gasteiger charge is 2.24. The summed E-state index contributed by atoms with van der Waals surface area (Å²) < 4.78 is 38.9. The molecule has 0 saturated heterocycles. The van der Waals surface area contributed by atoms with E-state index in [0.29, 0.717) is 22.8 Å². The molecule has 1 atom stereocenters. The Kier molecular flexibility index (Phi) is 7.69. The van der Waals surface area contributed by atoms with Gasteiger partial charge in [-0.25, -0.2) is 13.1 Å². The van der Waals surface area contributed by atoms with Crippen molar-refractivity contribution in [3.8, 4) is 11.4 Å². The van der Waals surface area contributed by atoms with Crippen LogP contribution in [0.5, 0.6) is 5.75 Å². The third-order valence-electron chi connectivity index (χ3n) is 4.96. The van der Waals surface area contributed by atoms with Crippen LogP contribution in [0.25, 0.3) is 5.69 Å². The van der Waals surface area contributed by atoms with Gasteiger partial charge in [0.1, 0.15) is 11.8 Å². The maximum absolute atomic E-state index is 12.5. The lowest BCUT2D eigenvalue weighted by molar-refractivity contribution is -0.148. The number of aryl methyl sites for hydroxylation is 1. The van der Waals surface area contributed by atoms with Crippen molar-refractivity contribution in [3.05, 3.63) is 66.0 Å². The summed E-state index contributed by atoms with van der Waals surface area (Å²) in [6.07, 6.45) is 0. The second kappa shape index (κ2) is 10.5. The van der Waals surface area contributed by atoms with E-state index in [-0.39, 0.29) is 4.90 Å². The second-order valence-corrected chi connectivity index (χ2v) is 9.18. The van der Waals surface area contributed by atoms with Gasteiger partial charge >= 0.3 is 5.97 Å². The predicted molar refractivity (Wildman–Crippen MR) is 125 cm³/mol. The molecule has 2 aromatic carbocycles. The van der Waals surface area contributed by atoms with Crippen molar-refractivity contribution >= 4 is 27.6 Å². The number of nitrogens with one attached hydrogen (secondary N) is 2. The van der Waals surface area contributed by atoms with Gasteiger partial charge in [0, 0.05) is 0 Å². The van der Waals surface area contributed by atoms with Crippen molar-refractivity contribution in [1.82, 2.24) is 14.5 Å². The lowest BCUT2D eigenvalue weighted by Crippen LogP contribution is -2.40. The van der Waals surface area contributed by atoms with Crippen LogP contribution in [-0.4, -0.2) is 49.8 Å². The Bertz CT molecular complexity index is 1270. The van der Waals surface area contributed by atoms with Gasteiger partial charge in [0.2, 0.25) is 10.0 Å². The van der Waals surface area contributed by atoms with E-state index >= 15 is 0 Å². The Morgan fingerprint density at radius 3 is 2.32 bits per heavy atom. The number of hydrogen-bond acceptors (Lipinski definition) is 7. The van der Waals surface area contributed by atoms with Crippen molar-refractivity contribution in [2.45, 2.75) is 31.7 Å². The molecular formula is C23H26N4O6S. The first-order chi connectivity index (χ1) is 16.1. The number of rotatable bonds is 9. The summed E-state index contributed by atoms with van der Waals surface area (Å²) in [6.45, 7) is 4.32. The number of carbonyl (C=O) groups excluding carboxylic acids is 2. The molecule has 3 rings (SSSR count). The zero-order valence-electron chi connectivity index (χ0n) is 19.2. The number of sulfonamides is 1. The lowest BCUT2D eigenvalue weighted by Gasteiger charge is -2.14. The minimum Gasteiger partial charge on any atom is -0.497 e. The Morgan fingerprint density at radius 2 is 1.71 bits per heavy atom.